The van der Waals surface area contributed by atoms with Crippen LogP contribution in [0.1, 0.15) is 92.9 Å². The monoisotopic (exact) mass is 680 g/mol. The number of hydrogen-bond acceptors (Lipinski definition) is 7. The molecule has 4 N–H and O–H groups in total. The zero-order chi connectivity index (χ0) is 34.9. The van der Waals surface area contributed by atoms with Crippen LogP contribution in [0, 0.1) is 28.6 Å². The molecular weight excluding hydrogens is 624 g/mol. The summed E-state index contributed by atoms with van der Waals surface area (Å²) in [7, 11) is -2.01. The van der Waals surface area contributed by atoms with E-state index in [-0.39, 0.29) is 47.8 Å². The van der Waals surface area contributed by atoms with E-state index >= 15 is 0 Å². The molecule has 6 atom stereocenters. The maximum absolute atomic E-state index is 14.5. The van der Waals surface area contributed by atoms with Gasteiger partial charge in [-0.25, -0.2) is 13.2 Å². The first-order valence-electron chi connectivity index (χ1n) is 17.4. The molecule has 47 heavy (non-hydrogen) atoms. The zero-order valence-electron chi connectivity index (χ0n) is 29.2. The number of rotatable bonds is 12. The van der Waals surface area contributed by atoms with Gasteiger partial charge in [-0.15, -0.1) is 0 Å². The molecule has 0 bridgehead atoms. The summed E-state index contributed by atoms with van der Waals surface area (Å²) in [5, 5.41) is 11.1. The minimum Gasteiger partial charge on any atom is -0.353 e. The van der Waals surface area contributed by atoms with Gasteiger partial charge in [0.05, 0.1) is 11.8 Å². The first kappa shape index (κ1) is 37.1. The van der Waals surface area contributed by atoms with E-state index in [0.29, 0.717) is 25.9 Å². The van der Waals surface area contributed by atoms with Crippen molar-refractivity contribution in [1.82, 2.24) is 30.5 Å². The van der Waals surface area contributed by atoms with E-state index in [2.05, 4.69) is 35.1 Å². The first-order valence-corrected chi connectivity index (χ1v) is 19.0. The lowest BCUT2D eigenvalue weighted by atomic mass is 9.83. The highest BCUT2D eigenvalue weighted by atomic mass is 32.2. The topological polar surface area (TPSA) is 174 Å². The summed E-state index contributed by atoms with van der Waals surface area (Å²) in [6.45, 7) is 12.7. The number of piperidine rings is 1. The number of nitrogens with zero attached hydrogens (tertiary/aromatic N) is 2. The van der Waals surface area contributed by atoms with Gasteiger partial charge in [0, 0.05) is 32.7 Å². The number of Topliss-reactive ketones (excluding diaryl/α,β-unsaturated/α-hetero) is 1. The first-order chi connectivity index (χ1) is 21.9. The van der Waals surface area contributed by atoms with Gasteiger partial charge in [0.15, 0.2) is 0 Å². The van der Waals surface area contributed by atoms with Crippen molar-refractivity contribution < 1.29 is 32.4 Å². The molecule has 2 unspecified atom stereocenters. The van der Waals surface area contributed by atoms with E-state index in [0.717, 1.165) is 32.1 Å². The number of amides is 5. The Morgan fingerprint density at radius 1 is 0.957 bits per heavy atom. The highest BCUT2D eigenvalue weighted by Gasteiger charge is 2.69. The van der Waals surface area contributed by atoms with Crippen LogP contribution in [0.2, 0.25) is 0 Å². The van der Waals surface area contributed by atoms with Crippen LogP contribution in [0.5, 0.6) is 0 Å². The Hall–Kier alpha value is -2.74. The summed E-state index contributed by atoms with van der Waals surface area (Å²) in [6, 6.07) is -3.77. The molecule has 0 aromatic heterocycles. The van der Waals surface area contributed by atoms with Crippen molar-refractivity contribution in [3.05, 3.63) is 0 Å². The highest BCUT2D eigenvalue weighted by Crippen LogP contribution is 2.65. The lowest BCUT2D eigenvalue weighted by Crippen LogP contribution is -2.61. The van der Waals surface area contributed by atoms with Crippen LogP contribution < -0.4 is 21.3 Å². The third-order valence-electron chi connectivity index (χ3n) is 11.0. The van der Waals surface area contributed by atoms with Gasteiger partial charge < -0.3 is 26.2 Å². The molecule has 2 saturated carbocycles. The minimum atomic E-state index is -3.37. The number of hydrogen-bond donors (Lipinski definition) is 4. The maximum Gasteiger partial charge on any atom is 0.315 e. The maximum atomic E-state index is 14.5. The molecule has 2 saturated heterocycles. The molecule has 4 rings (SSSR count). The number of carbonyl (C=O) groups is 5. The number of ketones is 1. The van der Waals surface area contributed by atoms with Crippen LogP contribution >= 0.6 is 0 Å². The molecule has 0 aromatic carbocycles. The molecule has 4 aliphatic rings. The van der Waals surface area contributed by atoms with E-state index in [9.17, 15) is 32.4 Å². The van der Waals surface area contributed by atoms with E-state index in [1.807, 2.05) is 27.7 Å². The third-order valence-corrected chi connectivity index (χ3v) is 13.0. The molecular formula is C33H56N6O7S. The molecule has 2 aliphatic carbocycles. The van der Waals surface area contributed by atoms with Crippen molar-refractivity contribution in [1.29, 1.82) is 0 Å². The largest absolute Gasteiger partial charge is 0.353 e. The van der Waals surface area contributed by atoms with Crippen molar-refractivity contribution >= 4 is 39.6 Å². The molecule has 2 aliphatic heterocycles. The zero-order valence-corrected chi connectivity index (χ0v) is 30.0. The normalized spacial score (nSPS) is 27.2. The predicted octanol–water partition coefficient (Wildman–Crippen LogP) is 1.77. The number of fused-ring (bicyclic) bond motifs is 1. The molecule has 13 nitrogen and oxygen atoms in total. The molecule has 5 amide bonds. The van der Waals surface area contributed by atoms with Crippen LogP contribution in [0.3, 0.4) is 0 Å². The van der Waals surface area contributed by atoms with E-state index in [1.54, 1.807) is 4.90 Å². The van der Waals surface area contributed by atoms with Gasteiger partial charge in [0.25, 0.3) is 5.91 Å². The van der Waals surface area contributed by atoms with E-state index in [4.69, 9.17) is 0 Å². The predicted molar refractivity (Wildman–Crippen MR) is 177 cm³/mol. The molecule has 14 heteroatoms. The van der Waals surface area contributed by atoms with E-state index < -0.39 is 63.2 Å². The average Bonchev–Trinajstić information content (AvgIpc) is 3.30. The number of sulfonamides is 1. The second-order valence-electron chi connectivity index (χ2n) is 15.6. The summed E-state index contributed by atoms with van der Waals surface area (Å²) in [6.07, 6.45) is 5.82. The van der Waals surface area contributed by atoms with Gasteiger partial charge in [-0.2, -0.15) is 4.31 Å². The lowest BCUT2D eigenvalue weighted by Gasteiger charge is -2.38. The van der Waals surface area contributed by atoms with Gasteiger partial charge in [0.2, 0.25) is 27.6 Å². The molecule has 0 spiro atoms. The van der Waals surface area contributed by atoms with Gasteiger partial charge >= 0.3 is 6.03 Å². The summed E-state index contributed by atoms with van der Waals surface area (Å²) >= 11 is 0. The van der Waals surface area contributed by atoms with Crippen LogP contribution in [0.15, 0.2) is 0 Å². The molecule has 0 radical (unpaired) electrons. The van der Waals surface area contributed by atoms with Crippen LogP contribution in [0.4, 0.5) is 4.79 Å². The number of nitrogens with one attached hydrogen (secondary N) is 4. The number of likely N-dealkylation sites (tertiary alicyclic amines) is 1. The fraction of sp³-hybridized carbons (Fsp3) is 0.848. The number of carbonyl (C=O) groups excluding carboxylic acids is 5. The van der Waals surface area contributed by atoms with Gasteiger partial charge in [-0.3, -0.25) is 19.2 Å². The fourth-order valence-electron chi connectivity index (χ4n) is 7.91. The summed E-state index contributed by atoms with van der Waals surface area (Å²) in [4.78, 5) is 68.6. The second-order valence-corrected chi connectivity index (χ2v) is 17.7. The summed E-state index contributed by atoms with van der Waals surface area (Å²) in [5.41, 5.74) is -0.642. The quantitative estimate of drug-likeness (QED) is 0.227. The lowest BCUT2D eigenvalue weighted by molar-refractivity contribution is -0.144. The molecule has 266 valence electrons. The summed E-state index contributed by atoms with van der Waals surface area (Å²) in [5.74, 6) is -2.34. The van der Waals surface area contributed by atoms with Gasteiger partial charge in [-0.05, 0) is 54.3 Å². The van der Waals surface area contributed by atoms with Crippen LogP contribution in [-0.2, 0) is 29.2 Å². The Morgan fingerprint density at radius 3 is 2.17 bits per heavy atom. The Kier molecular flexibility index (Phi) is 11.4. The second kappa shape index (κ2) is 14.4. The van der Waals surface area contributed by atoms with Gasteiger partial charge in [-0.1, -0.05) is 67.2 Å². The van der Waals surface area contributed by atoms with Crippen molar-refractivity contribution in [3.63, 3.8) is 0 Å². The van der Waals surface area contributed by atoms with Crippen molar-refractivity contribution in [2.45, 2.75) is 117 Å². The van der Waals surface area contributed by atoms with Crippen LogP contribution in [-0.4, -0.2) is 104 Å². The number of likely N-dealkylation sites (N-methyl/N-ethyl adjacent to an activating group) is 1. The van der Waals surface area contributed by atoms with Gasteiger partial charge in [0.1, 0.15) is 12.1 Å². The van der Waals surface area contributed by atoms with E-state index in [1.165, 1.54) is 11.4 Å². The number of urea groups is 1. The Bertz CT molecular complexity index is 1320. The third kappa shape index (κ3) is 8.12. The van der Waals surface area contributed by atoms with Crippen molar-refractivity contribution in [3.8, 4) is 0 Å². The summed E-state index contributed by atoms with van der Waals surface area (Å²) < 4.78 is 26.5. The molecule has 2 heterocycles. The molecule has 4 fully saturated rings. The smallest absolute Gasteiger partial charge is 0.315 e. The minimum absolute atomic E-state index is 0.0926. The van der Waals surface area contributed by atoms with Crippen molar-refractivity contribution in [2.24, 2.45) is 28.6 Å². The SMILES string of the molecule is CCCC(NC(=O)C1[C@@H]2[C@H](CN1C(=O)[C@@H](NC(=O)N[C@H](CN1CCCS1(=O)=O)C(C)(C)C)C1CCCCC1)C2(C)C)C(=O)C(=O)NC. The standard InChI is InChI=1S/C33H56N6O7S/c1-8-13-22(27(40)29(42)34-7)35-28(41)26-24-21(33(24,5)6)18-39(26)30(43)25(20-14-10-9-11-15-20)37-31(44)36-23(32(2,3)4)19-38-16-12-17-47(38,45)46/h20-26H,8-19H2,1-7H3,(H,34,42)(H,35,41)(H2,36,37,44)/t21-,22?,23+,24-,25-,26?/m0/s1. The van der Waals surface area contributed by atoms with Crippen molar-refractivity contribution in [2.75, 3.05) is 32.4 Å². The molecule has 0 aromatic rings. The Balaban J connectivity index is 1.56. The highest BCUT2D eigenvalue weighted by molar-refractivity contribution is 7.89. The average molecular weight is 681 g/mol. The fourth-order valence-corrected chi connectivity index (χ4v) is 9.45. The Morgan fingerprint density at radius 2 is 1.62 bits per heavy atom. The van der Waals surface area contributed by atoms with Crippen LogP contribution in [0.25, 0.3) is 0 Å². The Labute approximate surface area is 280 Å².